The lowest BCUT2D eigenvalue weighted by atomic mass is 10.2. The maximum Gasteiger partial charge on any atom is 0.549 e. The molecule has 162 valence electrons. The molecule has 0 aromatic heterocycles. The molecular formula is C22H26O8. The minimum absolute atomic E-state index is 0.212. The van der Waals surface area contributed by atoms with Crippen molar-refractivity contribution >= 4 is 12.3 Å². The first-order valence-electron chi connectivity index (χ1n) is 9.69. The average molecular weight is 418 g/mol. The number of hydrogen-bond acceptors (Lipinski definition) is 8. The van der Waals surface area contributed by atoms with Crippen molar-refractivity contribution in [3.63, 3.8) is 0 Å². The van der Waals surface area contributed by atoms with Gasteiger partial charge in [0.15, 0.2) is 11.5 Å². The van der Waals surface area contributed by atoms with Gasteiger partial charge < -0.3 is 9.47 Å². The van der Waals surface area contributed by atoms with Crippen LogP contribution in [0.4, 0.5) is 9.59 Å². The predicted molar refractivity (Wildman–Crippen MR) is 107 cm³/mol. The van der Waals surface area contributed by atoms with E-state index in [4.69, 9.17) is 19.2 Å². The Bertz CT molecular complexity index is 703. The molecule has 0 amide bonds. The second kappa shape index (κ2) is 12.9. The first kappa shape index (κ1) is 22.9. The molecule has 0 saturated heterocycles. The SMILES string of the molecule is Cc1ccc(OOC(=O)OCCCCCCOC(=O)OOc2ccc(C)cc2)cc1. The quantitative estimate of drug-likeness (QED) is 0.206. The first-order valence-corrected chi connectivity index (χ1v) is 9.69. The minimum atomic E-state index is -0.893. The molecule has 2 aromatic carbocycles. The Morgan fingerprint density at radius 1 is 0.600 bits per heavy atom. The molecular weight excluding hydrogens is 392 g/mol. The number of unbranched alkanes of at least 4 members (excludes halogenated alkanes) is 3. The van der Waals surface area contributed by atoms with Crippen LogP contribution < -0.4 is 9.78 Å². The molecule has 8 heteroatoms. The van der Waals surface area contributed by atoms with Crippen LogP contribution in [-0.2, 0) is 19.2 Å². The maximum absolute atomic E-state index is 11.4. The summed E-state index contributed by atoms with van der Waals surface area (Å²) in [6.07, 6.45) is 1.11. The molecule has 0 spiro atoms. The lowest BCUT2D eigenvalue weighted by Crippen LogP contribution is -2.11. The zero-order chi connectivity index (χ0) is 21.6. The van der Waals surface area contributed by atoms with Gasteiger partial charge in [-0.05, 0) is 63.8 Å². The molecule has 0 N–H and O–H groups in total. The number of aryl methyl sites for hydroxylation is 2. The molecule has 0 fully saturated rings. The van der Waals surface area contributed by atoms with Crippen LogP contribution in [0.3, 0.4) is 0 Å². The van der Waals surface area contributed by atoms with Gasteiger partial charge >= 0.3 is 12.3 Å². The summed E-state index contributed by atoms with van der Waals surface area (Å²) >= 11 is 0. The summed E-state index contributed by atoms with van der Waals surface area (Å²) in [5.41, 5.74) is 2.14. The van der Waals surface area contributed by atoms with E-state index in [1.807, 2.05) is 38.1 Å². The van der Waals surface area contributed by atoms with Crippen LogP contribution in [0.25, 0.3) is 0 Å². The molecule has 0 heterocycles. The van der Waals surface area contributed by atoms with E-state index in [0.29, 0.717) is 24.3 Å². The molecule has 2 rings (SSSR count). The Morgan fingerprint density at radius 3 is 1.33 bits per heavy atom. The van der Waals surface area contributed by atoms with Crippen LogP contribution in [-0.4, -0.2) is 25.5 Å². The molecule has 8 nitrogen and oxygen atoms in total. The Morgan fingerprint density at radius 2 is 0.967 bits per heavy atom. The van der Waals surface area contributed by atoms with E-state index in [9.17, 15) is 9.59 Å². The second-order valence-corrected chi connectivity index (χ2v) is 6.57. The van der Waals surface area contributed by atoms with Crippen LogP contribution in [0.1, 0.15) is 36.8 Å². The van der Waals surface area contributed by atoms with Gasteiger partial charge in [-0.2, -0.15) is 9.59 Å². The largest absolute Gasteiger partial charge is 0.549 e. The second-order valence-electron chi connectivity index (χ2n) is 6.57. The lowest BCUT2D eigenvalue weighted by molar-refractivity contribution is -0.168. The highest BCUT2D eigenvalue weighted by molar-refractivity contribution is 5.59. The molecule has 0 aliphatic heterocycles. The van der Waals surface area contributed by atoms with Crippen molar-refractivity contribution in [2.45, 2.75) is 39.5 Å². The van der Waals surface area contributed by atoms with Crippen molar-refractivity contribution in [3.05, 3.63) is 59.7 Å². The van der Waals surface area contributed by atoms with Gasteiger partial charge in [0.1, 0.15) is 0 Å². The van der Waals surface area contributed by atoms with E-state index in [2.05, 4.69) is 9.78 Å². The van der Waals surface area contributed by atoms with Crippen molar-refractivity contribution in [1.82, 2.24) is 0 Å². The van der Waals surface area contributed by atoms with E-state index in [1.165, 1.54) is 0 Å². The number of carbonyl (C=O) groups excluding carboxylic acids is 2. The third-order valence-corrected chi connectivity index (χ3v) is 3.93. The highest BCUT2D eigenvalue weighted by atomic mass is 17.2. The van der Waals surface area contributed by atoms with E-state index in [-0.39, 0.29) is 13.2 Å². The molecule has 0 aliphatic carbocycles. The highest BCUT2D eigenvalue weighted by Crippen LogP contribution is 2.13. The Hall–Kier alpha value is -3.42. The number of hydrogen-bond donors (Lipinski definition) is 0. The molecule has 0 atom stereocenters. The van der Waals surface area contributed by atoms with Crippen molar-refractivity contribution in [3.8, 4) is 11.5 Å². The Labute approximate surface area is 175 Å². The maximum atomic E-state index is 11.4. The summed E-state index contributed by atoms with van der Waals surface area (Å²) in [6, 6.07) is 14.1. The highest BCUT2D eigenvalue weighted by Gasteiger charge is 2.08. The standard InChI is InChI=1S/C22H26O8/c1-17-7-11-19(12-8-17)27-29-21(23)25-15-5-3-4-6-16-26-22(24)30-28-20-13-9-18(2)10-14-20/h7-14H,3-6,15-16H2,1-2H3. The smallest absolute Gasteiger partial charge is 0.432 e. The average Bonchev–Trinajstić information content (AvgIpc) is 2.74. The van der Waals surface area contributed by atoms with Crippen LogP contribution >= 0.6 is 0 Å². The molecule has 0 bridgehead atoms. The van der Waals surface area contributed by atoms with Crippen molar-refractivity contribution < 1.29 is 38.6 Å². The van der Waals surface area contributed by atoms with Gasteiger partial charge in [-0.25, -0.2) is 9.78 Å². The summed E-state index contributed by atoms with van der Waals surface area (Å²) in [5.74, 6) is 0.834. The number of carbonyl (C=O) groups is 2. The summed E-state index contributed by atoms with van der Waals surface area (Å²) in [5, 5.41) is 0. The molecule has 0 radical (unpaired) electrons. The topological polar surface area (TPSA) is 89.5 Å². The zero-order valence-corrected chi connectivity index (χ0v) is 17.1. The van der Waals surface area contributed by atoms with Gasteiger partial charge in [0.25, 0.3) is 0 Å². The normalized spacial score (nSPS) is 10.1. The molecule has 0 aliphatic rings. The molecule has 2 aromatic rings. The van der Waals surface area contributed by atoms with Gasteiger partial charge in [0.05, 0.1) is 13.2 Å². The molecule has 30 heavy (non-hydrogen) atoms. The lowest BCUT2D eigenvalue weighted by Gasteiger charge is -2.07. The third kappa shape index (κ3) is 9.68. The number of ether oxygens (including phenoxy) is 2. The van der Waals surface area contributed by atoms with Gasteiger partial charge in [-0.1, -0.05) is 35.4 Å². The van der Waals surface area contributed by atoms with Crippen molar-refractivity contribution in [2.75, 3.05) is 13.2 Å². The summed E-state index contributed by atoms with van der Waals surface area (Å²) in [6.45, 7) is 4.31. The number of benzene rings is 2. The van der Waals surface area contributed by atoms with Crippen molar-refractivity contribution in [1.29, 1.82) is 0 Å². The Balaban J connectivity index is 1.41. The molecule has 0 unspecified atom stereocenters. The zero-order valence-electron chi connectivity index (χ0n) is 17.1. The molecule has 0 saturated carbocycles. The van der Waals surface area contributed by atoms with Crippen LogP contribution in [0, 0.1) is 13.8 Å². The van der Waals surface area contributed by atoms with Crippen LogP contribution in [0.5, 0.6) is 11.5 Å². The third-order valence-electron chi connectivity index (χ3n) is 3.93. The monoisotopic (exact) mass is 418 g/mol. The van der Waals surface area contributed by atoms with Crippen molar-refractivity contribution in [2.24, 2.45) is 0 Å². The van der Waals surface area contributed by atoms with E-state index >= 15 is 0 Å². The Kier molecular flexibility index (Phi) is 9.85. The number of rotatable bonds is 11. The van der Waals surface area contributed by atoms with E-state index < -0.39 is 12.3 Å². The van der Waals surface area contributed by atoms with Gasteiger partial charge in [-0.15, -0.1) is 0 Å². The van der Waals surface area contributed by atoms with E-state index in [0.717, 1.165) is 24.0 Å². The van der Waals surface area contributed by atoms with E-state index in [1.54, 1.807) is 24.3 Å². The predicted octanol–water partition coefficient (Wildman–Crippen LogP) is 5.46. The minimum Gasteiger partial charge on any atom is -0.432 e. The van der Waals surface area contributed by atoms with Crippen LogP contribution in [0.2, 0.25) is 0 Å². The van der Waals surface area contributed by atoms with Gasteiger partial charge in [0.2, 0.25) is 0 Å². The van der Waals surface area contributed by atoms with Crippen LogP contribution in [0.15, 0.2) is 48.5 Å². The fraction of sp³-hybridized carbons (Fsp3) is 0.364. The summed E-state index contributed by atoms with van der Waals surface area (Å²) in [7, 11) is 0. The summed E-state index contributed by atoms with van der Waals surface area (Å²) in [4.78, 5) is 41.7. The summed E-state index contributed by atoms with van der Waals surface area (Å²) < 4.78 is 9.81. The van der Waals surface area contributed by atoms with Gasteiger partial charge in [0, 0.05) is 0 Å². The van der Waals surface area contributed by atoms with Gasteiger partial charge in [-0.3, -0.25) is 9.78 Å². The first-order chi connectivity index (χ1) is 14.5. The fourth-order valence-electron chi connectivity index (χ4n) is 2.27. The fourth-order valence-corrected chi connectivity index (χ4v) is 2.27.